The summed E-state index contributed by atoms with van der Waals surface area (Å²) in [4.78, 5) is 29.4. The maximum absolute atomic E-state index is 14.0. The number of carbonyl (C=O) groups is 2. The summed E-state index contributed by atoms with van der Waals surface area (Å²) < 4.78 is 90.6. The van der Waals surface area contributed by atoms with Gasteiger partial charge in [-0.3, -0.25) is 9.20 Å². The van der Waals surface area contributed by atoms with Crippen LogP contribution in [-0.4, -0.2) is 40.6 Å². The van der Waals surface area contributed by atoms with Crippen molar-refractivity contribution >= 4 is 17.5 Å². The van der Waals surface area contributed by atoms with Gasteiger partial charge in [0.15, 0.2) is 23.0 Å². The summed E-state index contributed by atoms with van der Waals surface area (Å²) in [5, 5.41) is 2.38. The van der Waals surface area contributed by atoms with Crippen LogP contribution in [-0.2, 0) is 16.1 Å². The minimum atomic E-state index is -4.42. The summed E-state index contributed by atoms with van der Waals surface area (Å²) in [5.74, 6) is -5.36. The number of imidazole rings is 1. The standard InChI is InChI=1S/C24H23F6N3O4/c1-12-9-18(37-11-14-15(25)6-7-16(26)19(14)27)21-31-13(2)20(33(21)10-12)22(34)32-17(23(35)36-3)5-4-8-24(28,29)30/h6-7,9-10,17H,4-5,8,11H2,1-3H3,(H,32,34)/t17-/m0/s1. The van der Waals surface area contributed by atoms with Gasteiger partial charge in [-0.25, -0.2) is 22.9 Å². The van der Waals surface area contributed by atoms with Crippen molar-refractivity contribution in [1.29, 1.82) is 0 Å². The minimum Gasteiger partial charge on any atom is -0.485 e. The molecule has 37 heavy (non-hydrogen) atoms. The van der Waals surface area contributed by atoms with E-state index in [4.69, 9.17) is 4.74 Å². The molecule has 0 aliphatic rings. The molecule has 0 spiro atoms. The number of hydrogen-bond acceptors (Lipinski definition) is 5. The Morgan fingerprint density at radius 2 is 1.81 bits per heavy atom. The number of benzene rings is 1. The number of carbonyl (C=O) groups excluding carboxylic acids is 2. The van der Waals surface area contributed by atoms with Crippen molar-refractivity contribution in [3.05, 3.63) is 64.4 Å². The molecule has 1 N–H and O–H groups in total. The van der Waals surface area contributed by atoms with Gasteiger partial charge in [-0.1, -0.05) is 0 Å². The fourth-order valence-corrected chi connectivity index (χ4v) is 3.71. The van der Waals surface area contributed by atoms with E-state index in [1.165, 1.54) is 23.6 Å². The highest BCUT2D eigenvalue weighted by Gasteiger charge is 2.30. The van der Waals surface area contributed by atoms with E-state index in [9.17, 15) is 35.9 Å². The van der Waals surface area contributed by atoms with E-state index in [1.54, 1.807) is 6.92 Å². The molecule has 0 saturated heterocycles. The van der Waals surface area contributed by atoms with Gasteiger partial charge in [0, 0.05) is 12.6 Å². The second-order valence-corrected chi connectivity index (χ2v) is 8.29. The number of esters is 1. The molecular formula is C24H23F6N3O4. The fourth-order valence-electron chi connectivity index (χ4n) is 3.71. The Hall–Kier alpha value is -3.77. The van der Waals surface area contributed by atoms with E-state index < -0.39 is 66.6 Å². The number of nitrogens with zero attached hydrogens (tertiary/aromatic N) is 2. The Morgan fingerprint density at radius 3 is 2.46 bits per heavy atom. The number of rotatable bonds is 9. The molecule has 13 heteroatoms. The highest BCUT2D eigenvalue weighted by molar-refractivity contribution is 5.97. The molecule has 2 aromatic heterocycles. The number of aryl methyl sites for hydroxylation is 2. The Labute approximate surface area is 207 Å². The van der Waals surface area contributed by atoms with Gasteiger partial charge in [-0.15, -0.1) is 0 Å². The molecule has 0 radical (unpaired) electrons. The van der Waals surface area contributed by atoms with Gasteiger partial charge in [-0.2, -0.15) is 13.2 Å². The zero-order valence-corrected chi connectivity index (χ0v) is 20.0. The largest absolute Gasteiger partial charge is 0.485 e. The van der Waals surface area contributed by atoms with Gasteiger partial charge in [0.2, 0.25) is 0 Å². The normalized spacial score (nSPS) is 12.5. The first-order chi connectivity index (χ1) is 17.3. The third kappa shape index (κ3) is 6.52. The maximum Gasteiger partial charge on any atom is 0.389 e. The second-order valence-electron chi connectivity index (χ2n) is 8.29. The van der Waals surface area contributed by atoms with E-state index in [1.807, 2.05) is 0 Å². The summed E-state index contributed by atoms with van der Waals surface area (Å²) in [6.45, 7) is 2.44. The molecule has 7 nitrogen and oxygen atoms in total. The molecule has 3 rings (SSSR count). The number of nitrogens with one attached hydrogen (secondary N) is 1. The maximum atomic E-state index is 14.0. The lowest BCUT2D eigenvalue weighted by atomic mass is 10.1. The van der Waals surface area contributed by atoms with E-state index >= 15 is 0 Å². The third-order valence-corrected chi connectivity index (χ3v) is 5.47. The molecule has 3 aromatic rings. The monoisotopic (exact) mass is 531 g/mol. The molecular weight excluding hydrogens is 508 g/mol. The van der Waals surface area contributed by atoms with Crippen LogP contribution in [0.1, 0.15) is 46.6 Å². The van der Waals surface area contributed by atoms with Crippen LogP contribution in [0.15, 0.2) is 24.4 Å². The average Bonchev–Trinajstić information content (AvgIpc) is 3.15. The number of methoxy groups -OCH3 is 1. The molecule has 2 heterocycles. The number of pyridine rings is 1. The fraction of sp³-hybridized carbons (Fsp3) is 0.375. The van der Waals surface area contributed by atoms with Crippen LogP contribution >= 0.6 is 0 Å². The first kappa shape index (κ1) is 27.8. The molecule has 0 aliphatic carbocycles. The van der Waals surface area contributed by atoms with Gasteiger partial charge in [0.1, 0.15) is 24.2 Å². The van der Waals surface area contributed by atoms with Crippen molar-refractivity contribution in [3.8, 4) is 5.75 Å². The number of alkyl halides is 3. The Morgan fingerprint density at radius 1 is 1.14 bits per heavy atom. The zero-order valence-electron chi connectivity index (χ0n) is 20.0. The lowest BCUT2D eigenvalue weighted by Gasteiger charge is -2.17. The van der Waals surface area contributed by atoms with Crippen molar-refractivity contribution in [2.24, 2.45) is 0 Å². The van der Waals surface area contributed by atoms with Crippen molar-refractivity contribution in [1.82, 2.24) is 14.7 Å². The molecule has 1 amide bonds. The number of hydrogen-bond donors (Lipinski definition) is 1. The van der Waals surface area contributed by atoms with Gasteiger partial charge < -0.3 is 14.8 Å². The lowest BCUT2D eigenvalue weighted by molar-refractivity contribution is -0.145. The van der Waals surface area contributed by atoms with Crippen LogP contribution < -0.4 is 10.1 Å². The number of ether oxygens (including phenoxy) is 2. The van der Waals surface area contributed by atoms with Crippen molar-refractivity contribution in [2.45, 2.75) is 51.9 Å². The van der Waals surface area contributed by atoms with Crippen molar-refractivity contribution < 1.29 is 45.4 Å². The van der Waals surface area contributed by atoms with Gasteiger partial charge in [-0.05, 0) is 50.5 Å². The van der Waals surface area contributed by atoms with E-state index in [2.05, 4.69) is 15.0 Å². The molecule has 0 unspecified atom stereocenters. The molecule has 0 saturated carbocycles. The van der Waals surface area contributed by atoms with E-state index in [0.29, 0.717) is 11.6 Å². The smallest absolute Gasteiger partial charge is 0.389 e. The number of amides is 1. The summed E-state index contributed by atoms with van der Waals surface area (Å²) in [7, 11) is 1.04. The number of aromatic nitrogens is 2. The van der Waals surface area contributed by atoms with Crippen LogP contribution in [0.3, 0.4) is 0 Å². The minimum absolute atomic E-state index is 0.0277. The number of halogens is 6. The van der Waals surface area contributed by atoms with Crippen LogP contribution in [0, 0.1) is 31.3 Å². The molecule has 1 aromatic carbocycles. The molecule has 1 atom stereocenters. The predicted molar refractivity (Wildman–Crippen MR) is 118 cm³/mol. The Bertz CT molecular complexity index is 1320. The average molecular weight is 531 g/mol. The van der Waals surface area contributed by atoms with Crippen LogP contribution in [0.25, 0.3) is 5.65 Å². The van der Waals surface area contributed by atoms with Crippen LogP contribution in [0.5, 0.6) is 5.75 Å². The quantitative estimate of drug-likeness (QED) is 0.240. The predicted octanol–water partition coefficient (Wildman–Crippen LogP) is 4.95. The van der Waals surface area contributed by atoms with Crippen molar-refractivity contribution in [3.63, 3.8) is 0 Å². The zero-order chi connectivity index (χ0) is 27.5. The second kappa shape index (κ2) is 11.1. The first-order valence-electron chi connectivity index (χ1n) is 11.0. The highest BCUT2D eigenvalue weighted by atomic mass is 19.4. The third-order valence-electron chi connectivity index (χ3n) is 5.47. The first-order valence-corrected chi connectivity index (χ1v) is 11.0. The molecule has 200 valence electrons. The lowest BCUT2D eigenvalue weighted by Crippen LogP contribution is -2.42. The van der Waals surface area contributed by atoms with Gasteiger partial charge in [0.05, 0.1) is 18.4 Å². The summed E-state index contributed by atoms with van der Waals surface area (Å²) in [6, 6.07) is 1.56. The summed E-state index contributed by atoms with van der Waals surface area (Å²) in [6.07, 6.45) is -4.78. The van der Waals surface area contributed by atoms with Crippen LogP contribution in [0.4, 0.5) is 26.3 Å². The number of fused-ring (bicyclic) bond motifs is 1. The molecule has 0 fully saturated rings. The molecule has 0 bridgehead atoms. The summed E-state index contributed by atoms with van der Waals surface area (Å²) >= 11 is 0. The van der Waals surface area contributed by atoms with Gasteiger partial charge in [0.25, 0.3) is 5.91 Å². The SMILES string of the molecule is COC(=O)[C@H](CCCC(F)(F)F)NC(=O)c1c(C)nc2c(OCc3c(F)ccc(F)c3F)cc(C)cn12. The van der Waals surface area contributed by atoms with Crippen LogP contribution in [0.2, 0.25) is 0 Å². The summed E-state index contributed by atoms with van der Waals surface area (Å²) in [5.41, 5.74) is 0.119. The van der Waals surface area contributed by atoms with Gasteiger partial charge >= 0.3 is 12.1 Å². The van der Waals surface area contributed by atoms with E-state index in [0.717, 1.165) is 13.2 Å². The topological polar surface area (TPSA) is 81.9 Å². The Balaban J connectivity index is 1.89. The molecule has 0 aliphatic heterocycles. The Kier molecular flexibility index (Phi) is 8.34. The van der Waals surface area contributed by atoms with E-state index in [-0.39, 0.29) is 29.2 Å². The highest BCUT2D eigenvalue weighted by Crippen LogP contribution is 2.27. The van der Waals surface area contributed by atoms with Crippen molar-refractivity contribution in [2.75, 3.05) is 7.11 Å².